The zero-order valence-corrected chi connectivity index (χ0v) is 21.2. The molecule has 1 heterocycles. The van der Waals surface area contributed by atoms with Crippen molar-refractivity contribution >= 4 is 41.0 Å². The topological polar surface area (TPSA) is 83.9 Å². The highest BCUT2D eigenvalue weighted by atomic mass is 35.5. The molecule has 1 amide bonds. The monoisotopic (exact) mass is 507 g/mol. The summed E-state index contributed by atoms with van der Waals surface area (Å²) in [4.78, 5) is 38.7. The van der Waals surface area contributed by atoms with E-state index >= 15 is 0 Å². The van der Waals surface area contributed by atoms with Crippen molar-refractivity contribution in [1.29, 1.82) is 0 Å². The molecule has 6 nitrogen and oxygen atoms in total. The van der Waals surface area contributed by atoms with Crippen LogP contribution in [-0.2, 0) is 19.1 Å². The lowest BCUT2D eigenvalue weighted by atomic mass is 9.74. The van der Waals surface area contributed by atoms with Gasteiger partial charge in [-0.2, -0.15) is 0 Å². The number of carbonyl (C=O) groups excluding carboxylic acids is 2. The maximum Gasteiger partial charge on any atom is 0.328 e. The van der Waals surface area contributed by atoms with Crippen LogP contribution in [0, 0.1) is 5.41 Å². The molecule has 0 aromatic heterocycles. The average molecular weight is 508 g/mol. The number of amides is 1. The number of aliphatic carboxylic acids is 1. The number of esters is 1. The Morgan fingerprint density at radius 1 is 1.09 bits per heavy atom. The minimum absolute atomic E-state index is 0.218. The van der Waals surface area contributed by atoms with Gasteiger partial charge >= 0.3 is 11.9 Å². The minimum Gasteiger partial charge on any atom is -0.481 e. The molecule has 1 aliphatic rings. The largest absolute Gasteiger partial charge is 0.481 e. The predicted octanol–water partition coefficient (Wildman–Crippen LogP) is 6.17. The number of likely N-dealkylation sites (tertiary alicyclic amines) is 1. The zero-order valence-electron chi connectivity index (χ0n) is 19.7. The third kappa shape index (κ3) is 7.21. The zero-order chi connectivity index (χ0) is 25.3. The first-order valence-corrected chi connectivity index (χ1v) is 12.1. The van der Waals surface area contributed by atoms with Gasteiger partial charge in [-0.3, -0.25) is 9.59 Å². The predicted molar refractivity (Wildman–Crippen MR) is 133 cm³/mol. The number of nitrogens with zero attached hydrogens (tertiary/aromatic N) is 1. The molecule has 8 heteroatoms. The Morgan fingerprint density at radius 2 is 1.68 bits per heavy atom. The van der Waals surface area contributed by atoms with Crippen molar-refractivity contribution < 1.29 is 24.2 Å². The molecule has 3 rings (SSSR count). The third-order valence-corrected chi connectivity index (χ3v) is 6.37. The fourth-order valence-corrected chi connectivity index (χ4v) is 4.42. The van der Waals surface area contributed by atoms with Gasteiger partial charge in [-0.15, -0.1) is 0 Å². The lowest BCUT2D eigenvalue weighted by Gasteiger charge is -2.46. The van der Waals surface area contributed by atoms with E-state index in [2.05, 4.69) is 0 Å². The molecule has 0 bridgehead atoms. The van der Waals surface area contributed by atoms with Gasteiger partial charge in [0.1, 0.15) is 6.04 Å². The molecule has 1 fully saturated rings. The van der Waals surface area contributed by atoms with Gasteiger partial charge in [0.2, 0.25) is 5.91 Å². The summed E-state index contributed by atoms with van der Waals surface area (Å²) in [5.41, 5.74) is -0.179. The van der Waals surface area contributed by atoms with Crippen LogP contribution in [0.1, 0.15) is 58.1 Å². The molecule has 1 aliphatic heterocycles. The molecular weight excluding hydrogens is 477 g/mol. The van der Waals surface area contributed by atoms with Crippen LogP contribution in [0.5, 0.6) is 0 Å². The van der Waals surface area contributed by atoms with Crippen molar-refractivity contribution in [3.8, 4) is 0 Å². The summed E-state index contributed by atoms with van der Waals surface area (Å²) in [6.07, 6.45) is 1.11. The first kappa shape index (κ1) is 27.7. The third-order valence-electron chi connectivity index (χ3n) is 5.87. The Bertz CT molecular complexity index is 967. The maximum atomic E-state index is 13.4. The summed E-state index contributed by atoms with van der Waals surface area (Å²) < 4.78 is 5.18. The molecule has 2 unspecified atom stereocenters. The van der Waals surface area contributed by atoms with Crippen molar-refractivity contribution in [2.45, 2.75) is 58.5 Å². The number of halogens is 2. The van der Waals surface area contributed by atoms with Crippen molar-refractivity contribution in [2.24, 2.45) is 5.41 Å². The van der Waals surface area contributed by atoms with Crippen molar-refractivity contribution in [3.05, 3.63) is 70.2 Å². The molecule has 1 saturated heterocycles. The maximum absolute atomic E-state index is 13.4. The Hall–Kier alpha value is -2.57. The highest BCUT2D eigenvalue weighted by Crippen LogP contribution is 2.44. The number of carbonyl (C=O) groups is 3. The second-order valence-corrected chi connectivity index (χ2v) is 9.29. The van der Waals surface area contributed by atoms with E-state index in [0.717, 1.165) is 10.6 Å². The summed E-state index contributed by atoms with van der Waals surface area (Å²) in [6.45, 7) is 5.41. The van der Waals surface area contributed by atoms with E-state index in [4.69, 9.17) is 27.9 Å². The van der Waals surface area contributed by atoms with Crippen LogP contribution < -0.4 is 0 Å². The summed E-state index contributed by atoms with van der Waals surface area (Å²) in [7, 11) is 0. The van der Waals surface area contributed by atoms with Crippen LogP contribution in [0.15, 0.2) is 54.6 Å². The van der Waals surface area contributed by atoms with Crippen LogP contribution in [0.4, 0.5) is 0 Å². The average Bonchev–Trinajstić information content (AvgIpc) is 2.79. The van der Waals surface area contributed by atoms with Crippen LogP contribution in [-0.4, -0.2) is 40.5 Å². The number of carboxylic acids is 1. The molecule has 1 N–H and O–H groups in total. The second-order valence-electron chi connectivity index (χ2n) is 8.42. The summed E-state index contributed by atoms with van der Waals surface area (Å²) in [5.74, 6) is -1.82. The molecule has 184 valence electrons. The SMILES string of the molecule is CCOC(=O)C(CC)N1C(=O)C(C)(CC(=O)O)CC[C@H]1c1ccc(Cl)cc1.Clc1ccccc1. The number of piperidine rings is 1. The van der Waals surface area contributed by atoms with Gasteiger partial charge < -0.3 is 14.7 Å². The van der Waals surface area contributed by atoms with E-state index in [-0.39, 0.29) is 25.0 Å². The van der Waals surface area contributed by atoms with Crippen LogP contribution >= 0.6 is 23.2 Å². The molecule has 34 heavy (non-hydrogen) atoms. The van der Waals surface area contributed by atoms with Crippen LogP contribution in [0.25, 0.3) is 0 Å². The number of rotatable bonds is 7. The van der Waals surface area contributed by atoms with E-state index in [1.165, 1.54) is 4.90 Å². The Labute approximate surface area is 210 Å². The molecule has 3 atom stereocenters. The number of hydrogen-bond donors (Lipinski definition) is 1. The van der Waals surface area contributed by atoms with Gasteiger partial charge in [-0.25, -0.2) is 4.79 Å². The molecule has 2 aromatic carbocycles. The standard InChI is InChI=1S/C20H26ClNO5.C6H5Cl/c1-4-15(18(25)27-5-2)22-16(13-6-8-14(21)9-7-13)10-11-20(3,19(22)26)12-17(23)24;7-6-4-2-1-3-5-6/h6-9,15-16H,4-5,10-12H2,1-3H3,(H,23,24);1-5H/t15?,16-,20?;/m0./s1. The molecule has 0 spiro atoms. The molecule has 2 aromatic rings. The molecule has 0 saturated carbocycles. The van der Waals surface area contributed by atoms with E-state index in [1.807, 2.05) is 49.4 Å². The fraction of sp³-hybridized carbons (Fsp3) is 0.423. The second kappa shape index (κ2) is 12.8. The summed E-state index contributed by atoms with van der Waals surface area (Å²) in [5, 5.41) is 10.6. The highest BCUT2D eigenvalue weighted by Gasteiger charge is 2.49. The van der Waals surface area contributed by atoms with Gasteiger partial charge in [0.05, 0.1) is 24.5 Å². The molecule has 0 radical (unpaired) electrons. The number of hydrogen-bond acceptors (Lipinski definition) is 4. The fourth-order valence-electron chi connectivity index (χ4n) is 4.15. The van der Waals surface area contributed by atoms with E-state index < -0.39 is 23.4 Å². The first-order valence-electron chi connectivity index (χ1n) is 11.3. The molecule has 0 aliphatic carbocycles. The Kier molecular flexibility index (Phi) is 10.4. The van der Waals surface area contributed by atoms with Crippen molar-refractivity contribution in [2.75, 3.05) is 6.61 Å². The number of ether oxygens (including phenoxy) is 1. The van der Waals surface area contributed by atoms with Crippen LogP contribution in [0.2, 0.25) is 10.0 Å². The highest BCUT2D eigenvalue weighted by molar-refractivity contribution is 6.30. The smallest absolute Gasteiger partial charge is 0.328 e. The lowest BCUT2D eigenvalue weighted by molar-refractivity contribution is -0.167. The van der Waals surface area contributed by atoms with Crippen molar-refractivity contribution in [1.82, 2.24) is 4.90 Å². The van der Waals surface area contributed by atoms with Crippen LogP contribution in [0.3, 0.4) is 0 Å². The summed E-state index contributed by atoms with van der Waals surface area (Å²) >= 11 is 11.5. The Balaban J connectivity index is 0.000000497. The van der Waals surface area contributed by atoms with Gasteiger partial charge in [0.25, 0.3) is 0 Å². The first-order chi connectivity index (χ1) is 16.1. The lowest BCUT2D eigenvalue weighted by Crippen LogP contribution is -2.56. The Morgan fingerprint density at radius 3 is 2.15 bits per heavy atom. The quantitative estimate of drug-likeness (QED) is 0.453. The normalized spacial score (nSPS) is 20.7. The molecular formula is C26H31Cl2NO5. The number of benzene rings is 2. The van der Waals surface area contributed by atoms with E-state index in [0.29, 0.717) is 24.3 Å². The van der Waals surface area contributed by atoms with Gasteiger partial charge in [-0.1, -0.05) is 67.4 Å². The van der Waals surface area contributed by atoms with E-state index in [1.54, 1.807) is 26.0 Å². The summed E-state index contributed by atoms with van der Waals surface area (Å²) in [6, 6.07) is 15.5. The minimum atomic E-state index is -1.05. The van der Waals surface area contributed by atoms with E-state index in [9.17, 15) is 19.5 Å². The van der Waals surface area contributed by atoms with Crippen molar-refractivity contribution in [3.63, 3.8) is 0 Å². The van der Waals surface area contributed by atoms with Gasteiger partial charge in [0, 0.05) is 10.0 Å². The van der Waals surface area contributed by atoms with Gasteiger partial charge in [-0.05, 0) is 56.0 Å². The number of carboxylic acid groups (broad SMARTS) is 1. The van der Waals surface area contributed by atoms with Gasteiger partial charge in [0.15, 0.2) is 0 Å².